The fourth-order valence-electron chi connectivity index (χ4n) is 2.38. The van der Waals surface area contributed by atoms with Crippen LogP contribution in [0, 0.1) is 6.92 Å². The number of aromatic carboxylic acids is 1. The van der Waals surface area contributed by atoms with Crippen LogP contribution in [0.3, 0.4) is 0 Å². The quantitative estimate of drug-likeness (QED) is 0.759. The molecule has 0 saturated heterocycles. The summed E-state index contributed by atoms with van der Waals surface area (Å²) in [7, 11) is -3.85. The molecule has 0 bridgehead atoms. The van der Waals surface area contributed by atoms with E-state index < -0.39 is 16.0 Å². The molecule has 0 fully saturated rings. The molecule has 1 aromatic heterocycles. The first-order chi connectivity index (χ1) is 11.4. The molecule has 0 radical (unpaired) electrons. The van der Waals surface area contributed by atoms with Crippen molar-refractivity contribution >= 4 is 32.6 Å². The molecule has 0 aliphatic heterocycles. The van der Waals surface area contributed by atoms with Crippen molar-refractivity contribution in [3.8, 4) is 0 Å². The van der Waals surface area contributed by atoms with Gasteiger partial charge in [0.2, 0.25) is 0 Å². The van der Waals surface area contributed by atoms with Crippen molar-refractivity contribution in [3.05, 3.63) is 65.9 Å². The summed E-state index contributed by atoms with van der Waals surface area (Å²) in [5, 5.41) is 10.7. The van der Waals surface area contributed by atoms with Gasteiger partial charge in [-0.25, -0.2) is 18.2 Å². The Morgan fingerprint density at radius 1 is 1.08 bits per heavy atom. The maximum Gasteiger partial charge on any atom is 0.335 e. The van der Waals surface area contributed by atoms with E-state index in [-0.39, 0.29) is 16.3 Å². The average molecular weight is 342 g/mol. The molecular weight excluding hydrogens is 328 g/mol. The second-order valence-corrected chi connectivity index (χ2v) is 6.94. The van der Waals surface area contributed by atoms with Gasteiger partial charge in [0.1, 0.15) is 5.82 Å². The van der Waals surface area contributed by atoms with Crippen LogP contribution in [0.4, 0.5) is 5.82 Å². The lowest BCUT2D eigenvalue weighted by atomic mass is 10.1. The number of fused-ring (bicyclic) bond motifs is 1. The molecule has 0 unspecified atom stereocenters. The van der Waals surface area contributed by atoms with E-state index in [1.54, 1.807) is 13.1 Å². The zero-order chi connectivity index (χ0) is 17.3. The first kappa shape index (κ1) is 15.9. The number of hydrogen-bond acceptors (Lipinski definition) is 4. The lowest BCUT2D eigenvalue weighted by molar-refractivity contribution is 0.0696. The number of sulfonamides is 1. The highest BCUT2D eigenvalue weighted by Crippen LogP contribution is 2.25. The molecule has 2 aromatic carbocycles. The fourth-order valence-corrected chi connectivity index (χ4v) is 3.45. The summed E-state index contributed by atoms with van der Waals surface area (Å²) in [6.45, 7) is 1.79. The zero-order valence-electron chi connectivity index (χ0n) is 12.7. The van der Waals surface area contributed by atoms with E-state index in [1.165, 1.54) is 24.3 Å². The van der Waals surface area contributed by atoms with Crippen molar-refractivity contribution in [2.75, 3.05) is 4.72 Å². The van der Waals surface area contributed by atoms with Crippen molar-refractivity contribution in [2.45, 2.75) is 11.8 Å². The molecular formula is C17H14N2O4S. The summed E-state index contributed by atoms with van der Waals surface area (Å²) < 4.78 is 27.4. The number of carboxylic acid groups (broad SMARTS) is 1. The van der Waals surface area contributed by atoms with Gasteiger partial charge in [0.05, 0.1) is 10.5 Å². The van der Waals surface area contributed by atoms with E-state index in [2.05, 4.69) is 9.71 Å². The number of hydrogen-bond donors (Lipinski definition) is 2. The highest BCUT2D eigenvalue weighted by atomic mass is 32.2. The van der Waals surface area contributed by atoms with Gasteiger partial charge in [0.15, 0.2) is 0 Å². The number of nitrogens with zero attached hydrogens (tertiary/aromatic N) is 1. The summed E-state index contributed by atoms with van der Waals surface area (Å²) in [6, 6.07) is 12.6. The van der Waals surface area contributed by atoms with Crippen molar-refractivity contribution in [1.29, 1.82) is 0 Å². The van der Waals surface area contributed by atoms with Crippen LogP contribution in [0.5, 0.6) is 0 Å². The predicted molar refractivity (Wildman–Crippen MR) is 90.7 cm³/mol. The first-order valence-corrected chi connectivity index (χ1v) is 8.57. The van der Waals surface area contributed by atoms with Crippen molar-refractivity contribution in [2.24, 2.45) is 0 Å². The van der Waals surface area contributed by atoms with Gasteiger partial charge in [-0.15, -0.1) is 0 Å². The molecule has 0 aliphatic carbocycles. The van der Waals surface area contributed by atoms with Gasteiger partial charge in [0, 0.05) is 17.1 Å². The van der Waals surface area contributed by atoms with Gasteiger partial charge in [0.25, 0.3) is 10.0 Å². The third-order valence-corrected chi connectivity index (χ3v) is 5.05. The van der Waals surface area contributed by atoms with E-state index in [4.69, 9.17) is 5.11 Å². The lowest BCUT2D eigenvalue weighted by Gasteiger charge is -2.11. The summed E-state index contributed by atoms with van der Waals surface area (Å²) in [6.07, 6.45) is 1.60. The van der Waals surface area contributed by atoms with E-state index in [1.807, 2.05) is 24.3 Å². The van der Waals surface area contributed by atoms with Crippen molar-refractivity contribution < 1.29 is 18.3 Å². The molecule has 2 N–H and O–H groups in total. The number of benzene rings is 2. The third kappa shape index (κ3) is 2.93. The highest BCUT2D eigenvalue weighted by Gasteiger charge is 2.17. The Morgan fingerprint density at radius 3 is 2.42 bits per heavy atom. The van der Waals surface area contributed by atoms with E-state index in [9.17, 15) is 13.2 Å². The third-order valence-electron chi connectivity index (χ3n) is 3.70. The predicted octanol–water partition coefficient (Wildman–Crippen LogP) is 3.04. The number of carbonyl (C=O) groups is 1. The van der Waals surface area contributed by atoms with Crippen LogP contribution < -0.4 is 4.72 Å². The van der Waals surface area contributed by atoms with Crippen LogP contribution in [-0.4, -0.2) is 24.5 Å². The smallest absolute Gasteiger partial charge is 0.335 e. The first-order valence-electron chi connectivity index (χ1n) is 7.09. The van der Waals surface area contributed by atoms with Crippen LogP contribution in [0.1, 0.15) is 15.9 Å². The number of rotatable bonds is 4. The molecule has 0 spiro atoms. The molecule has 24 heavy (non-hydrogen) atoms. The number of anilines is 1. The fraction of sp³-hybridized carbons (Fsp3) is 0.0588. The monoisotopic (exact) mass is 342 g/mol. The Labute approximate surface area is 138 Å². The van der Waals surface area contributed by atoms with Crippen LogP contribution in [0.2, 0.25) is 0 Å². The number of aromatic nitrogens is 1. The van der Waals surface area contributed by atoms with Gasteiger partial charge in [-0.3, -0.25) is 4.72 Å². The minimum Gasteiger partial charge on any atom is -0.478 e. The molecule has 7 heteroatoms. The summed E-state index contributed by atoms with van der Waals surface area (Å²) >= 11 is 0. The Bertz CT molecular complexity index is 1030. The second-order valence-electron chi connectivity index (χ2n) is 5.25. The molecule has 0 atom stereocenters. The topological polar surface area (TPSA) is 96.4 Å². The molecule has 3 aromatic rings. The Kier molecular flexibility index (Phi) is 3.94. The van der Waals surface area contributed by atoms with Crippen LogP contribution in [0.15, 0.2) is 59.6 Å². The van der Waals surface area contributed by atoms with Crippen molar-refractivity contribution in [1.82, 2.24) is 4.98 Å². The Morgan fingerprint density at radius 2 is 1.75 bits per heavy atom. The molecule has 3 rings (SSSR count). The van der Waals surface area contributed by atoms with Gasteiger partial charge in [-0.2, -0.15) is 0 Å². The van der Waals surface area contributed by atoms with E-state index in [0.717, 1.165) is 16.3 Å². The SMILES string of the molecule is Cc1c(NS(=O)(=O)c2ccc(C(=O)O)cc2)ncc2ccccc12. The van der Waals surface area contributed by atoms with Crippen LogP contribution in [-0.2, 0) is 10.0 Å². The molecule has 0 amide bonds. The number of carboxylic acids is 1. The normalized spacial score (nSPS) is 11.4. The van der Waals surface area contributed by atoms with E-state index >= 15 is 0 Å². The largest absolute Gasteiger partial charge is 0.478 e. The summed E-state index contributed by atoms with van der Waals surface area (Å²) in [5.74, 6) is -0.866. The highest BCUT2D eigenvalue weighted by molar-refractivity contribution is 7.92. The molecule has 122 valence electrons. The number of pyridine rings is 1. The van der Waals surface area contributed by atoms with Gasteiger partial charge < -0.3 is 5.11 Å². The Hall–Kier alpha value is -2.93. The minimum atomic E-state index is -3.85. The van der Waals surface area contributed by atoms with Crippen molar-refractivity contribution in [3.63, 3.8) is 0 Å². The maximum absolute atomic E-state index is 12.5. The van der Waals surface area contributed by atoms with Gasteiger partial charge in [-0.1, -0.05) is 24.3 Å². The lowest BCUT2D eigenvalue weighted by Crippen LogP contribution is -2.15. The minimum absolute atomic E-state index is 0.0222. The number of nitrogens with one attached hydrogen (secondary N) is 1. The van der Waals surface area contributed by atoms with E-state index in [0.29, 0.717) is 0 Å². The van der Waals surface area contributed by atoms with Gasteiger partial charge >= 0.3 is 5.97 Å². The zero-order valence-corrected chi connectivity index (χ0v) is 13.5. The maximum atomic E-state index is 12.5. The average Bonchev–Trinajstić information content (AvgIpc) is 2.57. The number of aryl methyl sites for hydroxylation is 1. The Balaban J connectivity index is 1.97. The molecule has 6 nitrogen and oxygen atoms in total. The van der Waals surface area contributed by atoms with Crippen LogP contribution in [0.25, 0.3) is 10.8 Å². The molecule has 1 heterocycles. The standard InChI is InChI=1S/C17H14N2O4S/c1-11-15-5-3-2-4-13(15)10-18-16(11)19-24(22,23)14-8-6-12(7-9-14)17(20)21/h2-10H,1H3,(H,18,19)(H,20,21). The summed E-state index contributed by atoms with van der Waals surface area (Å²) in [4.78, 5) is 15.0. The van der Waals surface area contributed by atoms with Crippen LogP contribution >= 0.6 is 0 Å². The second kappa shape index (κ2) is 5.93. The molecule has 0 aliphatic rings. The molecule has 0 saturated carbocycles. The van der Waals surface area contributed by atoms with Gasteiger partial charge in [-0.05, 0) is 36.6 Å². The summed E-state index contributed by atoms with van der Waals surface area (Å²) in [5.41, 5.74) is 0.743.